The molecule has 1 heterocycles. The van der Waals surface area contributed by atoms with Crippen molar-refractivity contribution in [2.24, 2.45) is 0 Å². The predicted octanol–water partition coefficient (Wildman–Crippen LogP) is 3.86. The summed E-state index contributed by atoms with van der Waals surface area (Å²) < 4.78 is 6.04. The second-order valence-corrected chi connectivity index (χ2v) is 5.32. The van der Waals surface area contributed by atoms with Gasteiger partial charge in [0.15, 0.2) is 0 Å². The third kappa shape index (κ3) is 2.36. The lowest BCUT2D eigenvalue weighted by atomic mass is 9.93. The van der Waals surface area contributed by atoms with Crippen LogP contribution in [-0.4, -0.2) is 5.11 Å². The molecule has 0 saturated heterocycles. The number of rotatable bonds is 1. The summed E-state index contributed by atoms with van der Waals surface area (Å²) >= 11 is 0. The van der Waals surface area contributed by atoms with Crippen LogP contribution in [-0.2, 0) is 0 Å². The van der Waals surface area contributed by atoms with Gasteiger partial charge in [-0.1, -0.05) is 47.5 Å². The van der Waals surface area contributed by atoms with Crippen molar-refractivity contribution in [3.8, 4) is 5.75 Å². The highest BCUT2D eigenvalue weighted by atomic mass is 16.5. The molecule has 1 aliphatic rings. The molecule has 2 atom stereocenters. The van der Waals surface area contributed by atoms with E-state index in [-0.39, 0.29) is 6.10 Å². The van der Waals surface area contributed by atoms with Crippen molar-refractivity contribution >= 4 is 0 Å². The number of fused-ring (bicyclic) bond motifs is 1. The number of aliphatic hydroxyl groups is 1. The Kier molecular flexibility index (Phi) is 3.03. The number of hydrogen-bond donors (Lipinski definition) is 1. The van der Waals surface area contributed by atoms with Gasteiger partial charge in [0.2, 0.25) is 0 Å². The minimum Gasteiger partial charge on any atom is -0.485 e. The van der Waals surface area contributed by atoms with E-state index >= 15 is 0 Å². The van der Waals surface area contributed by atoms with E-state index in [0.29, 0.717) is 6.42 Å². The Labute approximate surface area is 113 Å². The first kappa shape index (κ1) is 12.2. The van der Waals surface area contributed by atoms with Crippen molar-refractivity contribution in [2.45, 2.75) is 32.5 Å². The van der Waals surface area contributed by atoms with Crippen LogP contribution in [0.25, 0.3) is 0 Å². The van der Waals surface area contributed by atoms with Crippen molar-refractivity contribution < 1.29 is 9.84 Å². The maximum atomic E-state index is 10.3. The number of benzene rings is 2. The molecule has 1 unspecified atom stereocenters. The number of para-hydroxylation sites is 1. The Morgan fingerprint density at radius 1 is 1.05 bits per heavy atom. The van der Waals surface area contributed by atoms with Crippen LogP contribution >= 0.6 is 0 Å². The highest BCUT2D eigenvalue weighted by Gasteiger charge is 2.27. The van der Waals surface area contributed by atoms with Crippen LogP contribution in [0.4, 0.5) is 0 Å². The van der Waals surface area contributed by atoms with Crippen molar-refractivity contribution in [1.82, 2.24) is 0 Å². The number of ether oxygens (including phenoxy) is 1. The summed E-state index contributed by atoms with van der Waals surface area (Å²) in [6, 6.07) is 14.1. The maximum Gasteiger partial charge on any atom is 0.127 e. The molecule has 0 fully saturated rings. The van der Waals surface area contributed by atoms with Gasteiger partial charge in [-0.25, -0.2) is 0 Å². The average molecular weight is 254 g/mol. The van der Waals surface area contributed by atoms with Crippen molar-refractivity contribution in [2.75, 3.05) is 0 Å². The molecule has 2 nitrogen and oxygen atoms in total. The number of aryl methyl sites for hydroxylation is 2. The summed E-state index contributed by atoms with van der Waals surface area (Å²) in [5.74, 6) is 0.797. The zero-order chi connectivity index (χ0) is 13.4. The average Bonchev–Trinajstić information content (AvgIpc) is 2.37. The van der Waals surface area contributed by atoms with Gasteiger partial charge in [0.1, 0.15) is 11.9 Å². The smallest absolute Gasteiger partial charge is 0.127 e. The molecule has 1 aliphatic heterocycles. The molecule has 0 spiro atoms. The Bertz CT molecular complexity index is 584. The molecule has 1 N–H and O–H groups in total. The van der Waals surface area contributed by atoms with Crippen LogP contribution in [0, 0.1) is 13.8 Å². The summed E-state index contributed by atoms with van der Waals surface area (Å²) in [6.45, 7) is 4.17. The van der Waals surface area contributed by atoms with E-state index < -0.39 is 6.10 Å². The summed E-state index contributed by atoms with van der Waals surface area (Å²) in [5, 5.41) is 10.3. The second kappa shape index (κ2) is 4.71. The van der Waals surface area contributed by atoms with Gasteiger partial charge < -0.3 is 9.84 Å². The molecule has 98 valence electrons. The van der Waals surface area contributed by atoms with E-state index in [9.17, 15) is 5.11 Å². The lowest BCUT2D eigenvalue weighted by Crippen LogP contribution is -2.19. The van der Waals surface area contributed by atoms with E-state index in [1.807, 2.05) is 24.3 Å². The largest absolute Gasteiger partial charge is 0.485 e. The van der Waals surface area contributed by atoms with Crippen LogP contribution in [0.2, 0.25) is 0 Å². The molecular formula is C17H18O2. The van der Waals surface area contributed by atoms with E-state index in [1.54, 1.807) is 0 Å². The van der Waals surface area contributed by atoms with Gasteiger partial charge >= 0.3 is 0 Å². The first-order valence-corrected chi connectivity index (χ1v) is 6.65. The first-order valence-electron chi connectivity index (χ1n) is 6.65. The zero-order valence-corrected chi connectivity index (χ0v) is 11.3. The van der Waals surface area contributed by atoms with E-state index in [1.165, 1.54) is 11.1 Å². The van der Waals surface area contributed by atoms with E-state index in [2.05, 4.69) is 32.0 Å². The number of aliphatic hydroxyl groups excluding tert-OH is 1. The van der Waals surface area contributed by atoms with Gasteiger partial charge in [0, 0.05) is 12.0 Å². The van der Waals surface area contributed by atoms with Gasteiger partial charge in [-0.15, -0.1) is 0 Å². The molecular weight excluding hydrogens is 236 g/mol. The topological polar surface area (TPSA) is 29.5 Å². The summed E-state index contributed by atoms with van der Waals surface area (Å²) in [5.41, 5.74) is 4.49. The van der Waals surface area contributed by atoms with Gasteiger partial charge in [-0.05, 0) is 25.5 Å². The molecule has 0 aliphatic carbocycles. The predicted molar refractivity (Wildman–Crippen MR) is 75.3 cm³/mol. The van der Waals surface area contributed by atoms with Crippen LogP contribution in [0.5, 0.6) is 5.75 Å². The maximum absolute atomic E-state index is 10.3. The Morgan fingerprint density at radius 3 is 2.47 bits per heavy atom. The van der Waals surface area contributed by atoms with Crippen LogP contribution in [0.15, 0.2) is 42.5 Å². The molecule has 2 aromatic rings. The standard InChI is InChI=1S/C17H18O2/c1-11-7-12(2)9-13(8-11)17-10-15(18)14-5-3-4-6-16(14)19-17/h3-9,15,17-18H,10H2,1-2H3/t15-,17?/m1/s1. The van der Waals surface area contributed by atoms with Crippen LogP contribution in [0.3, 0.4) is 0 Å². The monoisotopic (exact) mass is 254 g/mol. The van der Waals surface area contributed by atoms with E-state index in [4.69, 9.17) is 4.74 Å². The first-order chi connectivity index (χ1) is 9.13. The fourth-order valence-corrected chi connectivity index (χ4v) is 2.79. The normalized spacial score (nSPS) is 21.6. The van der Waals surface area contributed by atoms with Gasteiger partial charge in [-0.2, -0.15) is 0 Å². The van der Waals surface area contributed by atoms with Gasteiger partial charge in [0.05, 0.1) is 6.10 Å². The molecule has 0 saturated carbocycles. The molecule has 2 heteroatoms. The van der Waals surface area contributed by atoms with Crippen LogP contribution < -0.4 is 4.74 Å². The van der Waals surface area contributed by atoms with Gasteiger partial charge in [-0.3, -0.25) is 0 Å². The molecule has 0 bridgehead atoms. The highest BCUT2D eigenvalue weighted by Crippen LogP contribution is 2.40. The molecule has 3 rings (SSSR count). The van der Waals surface area contributed by atoms with Crippen molar-refractivity contribution in [3.05, 3.63) is 64.7 Å². The third-order valence-electron chi connectivity index (χ3n) is 3.60. The second-order valence-electron chi connectivity index (χ2n) is 5.32. The molecule has 2 aromatic carbocycles. The quantitative estimate of drug-likeness (QED) is 0.837. The lowest BCUT2D eigenvalue weighted by Gasteiger charge is -2.30. The summed E-state index contributed by atoms with van der Waals surface area (Å²) in [7, 11) is 0. The SMILES string of the molecule is Cc1cc(C)cc(C2C[C@@H](O)c3ccccc3O2)c1. The van der Waals surface area contributed by atoms with Crippen molar-refractivity contribution in [1.29, 1.82) is 0 Å². The molecule has 19 heavy (non-hydrogen) atoms. The number of hydrogen-bond acceptors (Lipinski definition) is 2. The van der Waals surface area contributed by atoms with Crippen LogP contribution in [0.1, 0.15) is 40.9 Å². The Balaban J connectivity index is 1.96. The minimum absolute atomic E-state index is 0.0662. The third-order valence-corrected chi connectivity index (χ3v) is 3.60. The fourth-order valence-electron chi connectivity index (χ4n) is 2.79. The van der Waals surface area contributed by atoms with E-state index in [0.717, 1.165) is 16.9 Å². The highest BCUT2D eigenvalue weighted by molar-refractivity contribution is 5.39. The Hall–Kier alpha value is -1.80. The van der Waals surface area contributed by atoms with Crippen molar-refractivity contribution in [3.63, 3.8) is 0 Å². The lowest BCUT2D eigenvalue weighted by molar-refractivity contribution is 0.0657. The molecule has 0 amide bonds. The van der Waals surface area contributed by atoms with Gasteiger partial charge in [0.25, 0.3) is 0 Å². The fraction of sp³-hybridized carbons (Fsp3) is 0.294. The zero-order valence-electron chi connectivity index (χ0n) is 11.3. The summed E-state index contributed by atoms with van der Waals surface area (Å²) in [6.07, 6.45) is 0.0965. The summed E-state index contributed by atoms with van der Waals surface area (Å²) in [4.78, 5) is 0. The molecule has 0 radical (unpaired) electrons. The Morgan fingerprint density at radius 2 is 1.74 bits per heavy atom. The minimum atomic E-state index is -0.448. The molecule has 0 aromatic heterocycles.